The van der Waals surface area contributed by atoms with Crippen LogP contribution in [-0.2, 0) is 12.8 Å². The van der Waals surface area contributed by atoms with Gasteiger partial charge in [0.25, 0.3) is 0 Å². The number of hydrogen-bond donors (Lipinski definition) is 0. The number of rotatable bonds is 10. The standard InChI is InChI=1S/C21H30N2/c1-3-5-6-7-8-9-10-11-19-16-22-21(23-17-19)20-14-12-18(4-2)13-15-20/h12-17H,3-11H2,1-2H3. The van der Waals surface area contributed by atoms with Crippen molar-refractivity contribution in [1.82, 2.24) is 9.97 Å². The van der Waals surface area contributed by atoms with E-state index in [1.165, 1.54) is 56.1 Å². The Bertz CT molecular complexity index is 543. The van der Waals surface area contributed by atoms with Crippen molar-refractivity contribution in [2.24, 2.45) is 0 Å². The van der Waals surface area contributed by atoms with E-state index in [2.05, 4.69) is 48.1 Å². The predicted octanol–water partition coefficient (Wildman–Crippen LogP) is 6.00. The van der Waals surface area contributed by atoms with Crippen molar-refractivity contribution in [2.45, 2.75) is 71.6 Å². The highest BCUT2D eigenvalue weighted by Gasteiger charge is 2.02. The molecule has 1 aromatic carbocycles. The second-order valence-electron chi connectivity index (χ2n) is 6.34. The van der Waals surface area contributed by atoms with E-state index in [4.69, 9.17) is 0 Å². The Morgan fingerprint density at radius 1 is 0.696 bits per heavy atom. The van der Waals surface area contributed by atoms with Crippen molar-refractivity contribution in [3.05, 3.63) is 47.8 Å². The van der Waals surface area contributed by atoms with Crippen molar-refractivity contribution in [3.8, 4) is 11.4 Å². The van der Waals surface area contributed by atoms with Crippen LogP contribution in [0, 0.1) is 0 Å². The monoisotopic (exact) mass is 310 g/mol. The molecule has 0 radical (unpaired) electrons. The van der Waals surface area contributed by atoms with Gasteiger partial charge in [0.2, 0.25) is 0 Å². The lowest BCUT2D eigenvalue weighted by Gasteiger charge is -2.04. The highest BCUT2D eigenvalue weighted by atomic mass is 14.9. The normalized spacial score (nSPS) is 10.9. The molecular weight excluding hydrogens is 280 g/mol. The van der Waals surface area contributed by atoms with E-state index in [0.29, 0.717) is 0 Å². The molecule has 2 nitrogen and oxygen atoms in total. The summed E-state index contributed by atoms with van der Waals surface area (Å²) in [5.74, 6) is 0.830. The second-order valence-corrected chi connectivity index (χ2v) is 6.34. The Morgan fingerprint density at radius 3 is 1.91 bits per heavy atom. The van der Waals surface area contributed by atoms with Crippen molar-refractivity contribution >= 4 is 0 Å². The summed E-state index contributed by atoms with van der Waals surface area (Å²) in [5, 5.41) is 0. The highest BCUT2D eigenvalue weighted by molar-refractivity contribution is 5.55. The average Bonchev–Trinajstić information content (AvgIpc) is 2.61. The molecule has 0 saturated carbocycles. The number of aryl methyl sites for hydroxylation is 2. The van der Waals surface area contributed by atoms with Gasteiger partial charge in [-0.25, -0.2) is 9.97 Å². The lowest BCUT2D eigenvalue weighted by Crippen LogP contribution is -1.93. The molecule has 0 spiro atoms. The van der Waals surface area contributed by atoms with Gasteiger partial charge in [-0.1, -0.05) is 76.6 Å². The zero-order valence-corrected chi connectivity index (χ0v) is 14.7. The minimum Gasteiger partial charge on any atom is -0.236 e. The van der Waals surface area contributed by atoms with Crippen LogP contribution in [0.5, 0.6) is 0 Å². The molecule has 23 heavy (non-hydrogen) atoms. The first-order valence-corrected chi connectivity index (χ1v) is 9.23. The maximum Gasteiger partial charge on any atom is 0.159 e. The van der Waals surface area contributed by atoms with Crippen LogP contribution in [0.4, 0.5) is 0 Å². The predicted molar refractivity (Wildman–Crippen MR) is 98.5 cm³/mol. The minimum atomic E-state index is 0.830. The Hall–Kier alpha value is -1.70. The van der Waals surface area contributed by atoms with Crippen molar-refractivity contribution in [2.75, 3.05) is 0 Å². The number of unbranched alkanes of at least 4 members (excludes halogenated alkanes) is 6. The van der Waals surface area contributed by atoms with Gasteiger partial charge in [-0.15, -0.1) is 0 Å². The molecule has 2 heteroatoms. The van der Waals surface area contributed by atoms with Crippen molar-refractivity contribution in [3.63, 3.8) is 0 Å². The molecule has 0 saturated heterocycles. The molecule has 0 aliphatic rings. The number of hydrogen-bond acceptors (Lipinski definition) is 2. The first kappa shape index (κ1) is 17.7. The van der Waals surface area contributed by atoms with E-state index in [1.807, 2.05) is 12.4 Å². The van der Waals surface area contributed by atoms with E-state index in [9.17, 15) is 0 Å². The van der Waals surface area contributed by atoms with Crippen LogP contribution in [-0.4, -0.2) is 9.97 Å². The molecule has 1 aromatic heterocycles. The van der Waals surface area contributed by atoms with Gasteiger partial charge in [0, 0.05) is 18.0 Å². The summed E-state index contributed by atoms with van der Waals surface area (Å²) >= 11 is 0. The summed E-state index contributed by atoms with van der Waals surface area (Å²) in [4.78, 5) is 9.07. The lowest BCUT2D eigenvalue weighted by atomic mass is 10.1. The quantitative estimate of drug-likeness (QED) is 0.503. The van der Waals surface area contributed by atoms with Gasteiger partial charge in [-0.3, -0.25) is 0 Å². The third kappa shape index (κ3) is 6.13. The fourth-order valence-electron chi connectivity index (χ4n) is 2.81. The first-order chi connectivity index (χ1) is 11.3. The molecule has 0 unspecified atom stereocenters. The van der Waals surface area contributed by atoms with Crippen LogP contribution in [0.1, 0.15) is 69.9 Å². The second kappa shape index (κ2) is 10.1. The molecule has 0 amide bonds. The van der Waals surface area contributed by atoms with E-state index >= 15 is 0 Å². The zero-order chi connectivity index (χ0) is 16.3. The number of nitrogens with zero attached hydrogens (tertiary/aromatic N) is 2. The van der Waals surface area contributed by atoms with E-state index in [1.54, 1.807) is 0 Å². The Morgan fingerprint density at radius 2 is 1.30 bits per heavy atom. The molecule has 0 bridgehead atoms. The summed E-state index contributed by atoms with van der Waals surface area (Å²) in [5.41, 5.74) is 3.71. The molecule has 2 aromatic rings. The third-order valence-corrected chi connectivity index (χ3v) is 4.39. The van der Waals surface area contributed by atoms with Gasteiger partial charge in [0.05, 0.1) is 0 Å². The Balaban J connectivity index is 1.75. The van der Waals surface area contributed by atoms with Gasteiger partial charge >= 0.3 is 0 Å². The zero-order valence-electron chi connectivity index (χ0n) is 14.7. The highest BCUT2D eigenvalue weighted by Crippen LogP contribution is 2.16. The Kier molecular flexibility index (Phi) is 7.79. The van der Waals surface area contributed by atoms with Crippen LogP contribution in [0.2, 0.25) is 0 Å². The van der Waals surface area contributed by atoms with Gasteiger partial charge < -0.3 is 0 Å². The SMILES string of the molecule is CCCCCCCCCc1cnc(-c2ccc(CC)cc2)nc1. The molecule has 2 rings (SSSR count). The fraction of sp³-hybridized carbons (Fsp3) is 0.524. The maximum absolute atomic E-state index is 4.53. The van der Waals surface area contributed by atoms with Gasteiger partial charge in [0.1, 0.15) is 0 Å². The van der Waals surface area contributed by atoms with Crippen LogP contribution in [0.3, 0.4) is 0 Å². The van der Waals surface area contributed by atoms with E-state index in [0.717, 1.165) is 24.2 Å². The molecular formula is C21H30N2. The van der Waals surface area contributed by atoms with Gasteiger partial charge in [0.15, 0.2) is 5.82 Å². The summed E-state index contributed by atoms with van der Waals surface area (Å²) < 4.78 is 0. The number of aromatic nitrogens is 2. The van der Waals surface area contributed by atoms with Crippen molar-refractivity contribution < 1.29 is 0 Å². The van der Waals surface area contributed by atoms with E-state index in [-0.39, 0.29) is 0 Å². The molecule has 0 N–H and O–H groups in total. The topological polar surface area (TPSA) is 25.8 Å². The fourth-order valence-corrected chi connectivity index (χ4v) is 2.81. The molecule has 0 aliphatic carbocycles. The maximum atomic E-state index is 4.53. The van der Waals surface area contributed by atoms with Gasteiger partial charge in [-0.05, 0) is 30.4 Å². The van der Waals surface area contributed by atoms with Crippen molar-refractivity contribution in [1.29, 1.82) is 0 Å². The third-order valence-electron chi connectivity index (χ3n) is 4.39. The summed E-state index contributed by atoms with van der Waals surface area (Å²) in [6.07, 6.45) is 15.6. The summed E-state index contributed by atoms with van der Waals surface area (Å²) in [7, 11) is 0. The van der Waals surface area contributed by atoms with Crippen LogP contribution in [0.25, 0.3) is 11.4 Å². The lowest BCUT2D eigenvalue weighted by molar-refractivity contribution is 0.589. The largest absolute Gasteiger partial charge is 0.236 e. The van der Waals surface area contributed by atoms with Crippen LogP contribution >= 0.6 is 0 Å². The van der Waals surface area contributed by atoms with Crippen LogP contribution in [0.15, 0.2) is 36.7 Å². The average molecular weight is 310 g/mol. The minimum absolute atomic E-state index is 0.830. The molecule has 0 aliphatic heterocycles. The molecule has 124 valence electrons. The smallest absolute Gasteiger partial charge is 0.159 e. The molecule has 1 heterocycles. The summed E-state index contributed by atoms with van der Waals surface area (Å²) in [6.45, 7) is 4.44. The Labute approximate surface area is 141 Å². The number of benzene rings is 1. The van der Waals surface area contributed by atoms with E-state index < -0.39 is 0 Å². The molecule has 0 fully saturated rings. The molecule has 0 atom stereocenters. The van der Waals surface area contributed by atoms with Crippen LogP contribution < -0.4 is 0 Å². The van der Waals surface area contributed by atoms with Gasteiger partial charge in [-0.2, -0.15) is 0 Å². The summed E-state index contributed by atoms with van der Waals surface area (Å²) in [6, 6.07) is 8.55. The first-order valence-electron chi connectivity index (χ1n) is 9.23.